The summed E-state index contributed by atoms with van der Waals surface area (Å²) in [5.41, 5.74) is 2.14. The molecule has 2 aromatic carbocycles. The Morgan fingerprint density at radius 2 is 1.96 bits per heavy atom. The first-order valence-electron chi connectivity index (χ1n) is 8.00. The molecule has 132 valence electrons. The molecule has 0 atom stereocenters. The normalized spacial score (nSPS) is 13.2. The molecule has 0 saturated heterocycles. The molecular formula is C19H19ClO5. The Morgan fingerprint density at radius 3 is 2.80 bits per heavy atom. The lowest BCUT2D eigenvalue weighted by Crippen LogP contribution is -2.06. The van der Waals surface area contributed by atoms with E-state index in [-0.39, 0.29) is 6.61 Å². The van der Waals surface area contributed by atoms with Gasteiger partial charge in [-0.05, 0) is 35.4 Å². The molecule has 6 heteroatoms. The molecule has 0 N–H and O–H groups in total. The predicted octanol–water partition coefficient (Wildman–Crippen LogP) is 4.00. The number of methoxy groups -OCH3 is 1. The molecular weight excluding hydrogens is 344 g/mol. The maximum absolute atomic E-state index is 12.3. The van der Waals surface area contributed by atoms with Gasteiger partial charge >= 0.3 is 5.97 Å². The molecule has 0 aliphatic carbocycles. The minimum Gasteiger partial charge on any atom is -0.489 e. The van der Waals surface area contributed by atoms with Crippen LogP contribution in [0.5, 0.6) is 11.5 Å². The van der Waals surface area contributed by atoms with Crippen LogP contribution in [0.25, 0.3) is 0 Å². The Balaban J connectivity index is 1.69. The van der Waals surface area contributed by atoms with E-state index in [0.717, 1.165) is 17.5 Å². The maximum Gasteiger partial charge on any atom is 0.338 e. The third kappa shape index (κ3) is 4.44. The summed E-state index contributed by atoms with van der Waals surface area (Å²) in [6.45, 7) is 1.68. The number of ether oxygens (including phenoxy) is 4. The zero-order valence-electron chi connectivity index (χ0n) is 13.9. The number of rotatable bonds is 5. The van der Waals surface area contributed by atoms with E-state index in [1.165, 1.54) is 0 Å². The van der Waals surface area contributed by atoms with Crippen LogP contribution in [0.4, 0.5) is 0 Å². The molecule has 0 bridgehead atoms. The molecule has 2 aromatic rings. The van der Waals surface area contributed by atoms with Crippen molar-refractivity contribution in [2.75, 3.05) is 20.3 Å². The highest BCUT2D eigenvalue weighted by Gasteiger charge is 2.16. The topological polar surface area (TPSA) is 54.0 Å². The van der Waals surface area contributed by atoms with Crippen LogP contribution in [0.15, 0.2) is 36.4 Å². The van der Waals surface area contributed by atoms with Crippen LogP contribution in [0.2, 0.25) is 5.02 Å². The minimum atomic E-state index is -0.402. The fraction of sp³-hybridized carbons (Fsp3) is 0.316. The Hall–Kier alpha value is -2.24. The summed E-state index contributed by atoms with van der Waals surface area (Å²) < 4.78 is 21.7. The summed E-state index contributed by atoms with van der Waals surface area (Å²) in [4.78, 5) is 12.3. The first kappa shape index (κ1) is 17.6. The van der Waals surface area contributed by atoms with Gasteiger partial charge < -0.3 is 18.9 Å². The van der Waals surface area contributed by atoms with Crippen LogP contribution in [0, 0.1) is 0 Å². The predicted molar refractivity (Wildman–Crippen MR) is 93.3 cm³/mol. The van der Waals surface area contributed by atoms with Gasteiger partial charge in [0.2, 0.25) is 0 Å². The number of carbonyl (C=O) groups excluding carboxylic acids is 1. The van der Waals surface area contributed by atoms with Gasteiger partial charge in [0.1, 0.15) is 6.61 Å². The number of hydrogen-bond donors (Lipinski definition) is 0. The van der Waals surface area contributed by atoms with E-state index >= 15 is 0 Å². The highest BCUT2D eigenvalue weighted by molar-refractivity contribution is 6.32. The first-order chi connectivity index (χ1) is 12.2. The zero-order valence-corrected chi connectivity index (χ0v) is 14.7. The van der Waals surface area contributed by atoms with Crippen molar-refractivity contribution in [3.05, 3.63) is 58.1 Å². The van der Waals surface area contributed by atoms with Crippen molar-refractivity contribution in [1.82, 2.24) is 0 Å². The van der Waals surface area contributed by atoms with Crippen molar-refractivity contribution in [3.8, 4) is 11.5 Å². The fourth-order valence-corrected chi connectivity index (χ4v) is 2.84. The summed E-state index contributed by atoms with van der Waals surface area (Å²) in [7, 11) is 1.61. The van der Waals surface area contributed by atoms with Crippen LogP contribution in [-0.2, 0) is 22.7 Å². The summed E-state index contributed by atoms with van der Waals surface area (Å²) in [5.74, 6) is 0.723. The Labute approximate surface area is 151 Å². The molecule has 25 heavy (non-hydrogen) atoms. The lowest BCUT2D eigenvalue weighted by molar-refractivity contribution is 0.0472. The quantitative estimate of drug-likeness (QED) is 0.752. The molecule has 0 saturated carbocycles. The van der Waals surface area contributed by atoms with Gasteiger partial charge in [0.15, 0.2) is 11.5 Å². The van der Waals surface area contributed by atoms with E-state index < -0.39 is 5.97 Å². The van der Waals surface area contributed by atoms with E-state index in [9.17, 15) is 4.79 Å². The van der Waals surface area contributed by atoms with Gasteiger partial charge in [0.05, 0.1) is 30.4 Å². The van der Waals surface area contributed by atoms with Gasteiger partial charge in [-0.15, -0.1) is 0 Å². The summed E-state index contributed by atoms with van der Waals surface area (Å²) in [6, 6.07) is 10.7. The van der Waals surface area contributed by atoms with Gasteiger partial charge in [-0.25, -0.2) is 4.79 Å². The maximum atomic E-state index is 12.3. The average molecular weight is 363 g/mol. The minimum absolute atomic E-state index is 0.101. The zero-order chi connectivity index (χ0) is 17.6. The van der Waals surface area contributed by atoms with E-state index in [0.29, 0.717) is 41.9 Å². The molecule has 1 aliphatic rings. The van der Waals surface area contributed by atoms with E-state index in [1.54, 1.807) is 37.4 Å². The number of fused-ring (bicyclic) bond motifs is 1. The van der Waals surface area contributed by atoms with Crippen molar-refractivity contribution in [3.63, 3.8) is 0 Å². The second-order valence-electron chi connectivity index (χ2n) is 5.66. The largest absolute Gasteiger partial charge is 0.489 e. The molecule has 0 radical (unpaired) electrons. The fourth-order valence-electron chi connectivity index (χ4n) is 2.55. The van der Waals surface area contributed by atoms with Crippen LogP contribution < -0.4 is 9.47 Å². The third-order valence-electron chi connectivity index (χ3n) is 3.71. The Bertz CT molecular complexity index is 759. The first-order valence-corrected chi connectivity index (χ1v) is 8.38. The Kier molecular flexibility index (Phi) is 5.79. The van der Waals surface area contributed by atoms with Crippen LogP contribution in [-0.4, -0.2) is 26.3 Å². The smallest absolute Gasteiger partial charge is 0.338 e. The van der Waals surface area contributed by atoms with E-state index in [4.69, 9.17) is 30.5 Å². The van der Waals surface area contributed by atoms with Gasteiger partial charge in [-0.2, -0.15) is 0 Å². The van der Waals surface area contributed by atoms with Crippen LogP contribution in [0.1, 0.15) is 27.9 Å². The highest BCUT2D eigenvalue weighted by Crippen LogP contribution is 2.38. The molecule has 0 amide bonds. The average Bonchev–Trinajstić information content (AvgIpc) is 2.86. The van der Waals surface area contributed by atoms with Crippen molar-refractivity contribution in [1.29, 1.82) is 0 Å². The van der Waals surface area contributed by atoms with E-state index in [1.807, 2.05) is 6.07 Å². The lowest BCUT2D eigenvalue weighted by Gasteiger charge is -2.12. The summed E-state index contributed by atoms with van der Waals surface area (Å²) in [6.07, 6.45) is 0.799. The third-order valence-corrected chi connectivity index (χ3v) is 3.99. The second kappa shape index (κ2) is 8.23. The molecule has 5 nitrogen and oxygen atoms in total. The number of halogens is 1. The number of hydrogen-bond acceptors (Lipinski definition) is 5. The summed E-state index contributed by atoms with van der Waals surface area (Å²) in [5, 5.41) is 0.451. The van der Waals surface area contributed by atoms with E-state index in [2.05, 4.69) is 0 Å². The second-order valence-corrected chi connectivity index (χ2v) is 6.07. The number of esters is 1. The molecule has 0 spiro atoms. The van der Waals surface area contributed by atoms with Crippen LogP contribution >= 0.6 is 11.6 Å². The molecule has 0 fully saturated rings. The molecule has 0 aromatic heterocycles. The van der Waals surface area contributed by atoms with Gasteiger partial charge in [-0.1, -0.05) is 23.7 Å². The van der Waals surface area contributed by atoms with Crippen molar-refractivity contribution in [2.24, 2.45) is 0 Å². The Morgan fingerprint density at radius 1 is 1.12 bits per heavy atom. The van der Waals surface area contributed by atoms with Crippen molar-refractivity contribution >= 4 is 17.6 Å². The van der Waals surface area contributed by atoms with Gasteiger partial charge in [0.25, 0.3) is 0 Å². The molecule has 1 aliphatic heterocycles. The SMILES string of the molecule is COCc1cccc(C(=O)OCc2cc(Cl)c3c(c2)OCCCO3)c1. The summed E-state index contributed by atoms with van der Waals surface area (Å²) >= 11 is 6.25. The number of carbonyl (C=O) groups is 1. The number of benzene rings is 2. The van der Waals surface area contributed by atoms with Crippen LogP contribution in [0.3, 0.4) is 0 Å². The standard InChI is InChI=1S/C19H19ClO5/c1-22-11-13-4-2-5-15(8-13)19(21)25-12-14-9-16(20)18-17(10-14)23-6-3-7-24-18/h2,4-5,8-10H,3,6-7,11-12H2,1H3. The molecule has 0 unspecified atom stereocenters. The lowest BCUT2D eigenvalue weighted by atomic mass is 10.1. The highest BCUT2D eigenvalue weighted by atomic mass is 35.5. The van der Waals surface area contributed by atoms with Crippen molar-refractivity contribution < 1.29 is 23.7 Å². The molecule has 1 heterocycles. The van der Waals surface area contributed by atoms with Crippen molar-refractivity contribution in [2.45, 2.75) is 19.6 Å². The van der Waals surface area contributed by atoms with Gasteiger partial charge in [0, 0.05) is 13.5 Å². The monoisotopic (exact) mass is 362 g/mol. The molecule has 3 rings (SSSR count). The van der Waals surface area contributed by atoms with Gasteiger partial charge in [-0.3, -0.25) is 0 Å².